The van der Waals surface area contributed by atoms with Crippen LogP contribution in [0.4, 0.5) is 0 Å². The molecule has 1 N–H and O–H groups in total. The number of allylic oxidation sites excluding steroid dienone is 1. The Labute approximate surface area is 144 Å². The predicted octanol–water partition coefficient (Wildman–Crippen LogP) is 4.69. The fourth-order valence-electron chi connectivity index (χ4n) is 6.84. The van der Waals surface area contributed by atoms with Gasteiger partial charge < -0.3 is 5.11 Å². The maximum absolute atomic E-state index is 11.9. The van der Waals surface area contributed by atoms with Gasteiger partial charge in [0.15, 0.2) is 0 Å². The summed E-state index contributed by atoms with van der Waals surface area (Å²) >= 11 is 6.28. The summed E-state index contributed by atoms with van der Waals surface area (Å²) < 4.78 is 0. The number of rotatable bonds is 0. The number of hydrogen-bond donors (Lipinski definition) is 1. The van der Waals surface area contributed by atoms with Crippen molar-refractivity contribution in [2.75, 3.05) is 0 Å². The molecule has 3 saturated carbocycles. The summed E-state index contributed by atoms with van der Waals surface area (Å²) in [5.74, 6) is 3.05. The van der Waals surface area contributed by atoms with E-state index in [4.69, 9.17) is 11.6 Å². The van der Waals surface area contributed by atoms with Gasteiger partial charge in [0.05, 0.1) is 6.10 Å². The van der Waals surface area contributed by atoms with Crippen LogP contribution in [0.15, 0.2) is 11.1 Å². The number of hydrogen-bond acceptors (Lipinski definition) is 2. The molecule has 0 spiro atoms. The van der Waals surface area contributed by atoms with E-state index >= 15 is 0 Å². The lowest BCUT2D eigenvalue weighted by Gasteiger charge is -2.62. The largest absolute Gasteiger partial charge is 0.387 e. The molecule has 0 aliphatic heterocycles. The van der Waals surface area contributed by atoms with Crippen LogP contribution >= 0.6 is 11.6 Å². The van der Waals surface area contributed by atoms with Crippen LogP contribution < -0.4 is 0 Å². The zero-order valence-corrected chi connectivity index (χ0v) is 15.1. The number of aliphatic hydroxyl groups is 1. The Kier molecular flexibility index (Phi) is 3.74. The lowest BCUT2D eigenvalue weighted by molar-refractivity contribution is -0.149. The Morgan fingerprint density at radius 1 is 1.13 bits per heavy atom. The first-order valence-corrected chi connectivity index (χ1v) is 9.79. The van der Waals surface area contributed by atoms with Crippen LogP contribution in [0.25, 0.3) is 0 Å². The number of carbonyl (C=O) groups is 1. The van der Waals surface area contributed by atoms with Crippen molar-refractivity contribution >= 4 is 17.4 Å². The van der Waals surface area contributed by atoms with E-state index in [0.717, 1.165) is 38.0 Å². The molecule has 3 fully saturated rings. The van der Waals surface area contributed by atoms with Gasteiger partial charge in [-0.15, -0.1) is 0 Å². The Morgan fingerprint density at radius 2 is 1.91 bits per heavy atom. The molecular formula is C20H29ClO2. The number of aliphatic hydroxyl groups excluding tert-OH is 1. The number of ketones is 1. The van der Waals surface area contributed by atoms with Gasteiger partial charge in [0.25, 0.3) is 0 Å². The second-order valence-corrected chi connectivity index (χ2v) is 9.61. The zero-order valence-electron chi connectivity index (χ0n) is 14.4. The lowest BCUT2D eigenvalue weighted by Crippen LogP contribution is -2.57. The third-order valence-electron chi connectivity index (χ3n) is 8.37. The fraction of sp³-hybridized carbons (Fsp3) is 0.850. The second-order valence-electron chi connectivity index (χ2n) is 9.17. The van der Waals surface area contributed by atoms with Crippen molar-refractivity contribution in [2.45, 2.75) is 71.3 Å². The van der Waals surface area contributed by atoms with Crippen LogP contribution in [0.2, 0.25) is 0 Å². The summed E-state index contributed by atoms with van der Waals surface area (Å²) in [5, 5.41) is 11.4. The van der Waals surface area contributed by atoms with E-state index in [2.05, 4.69) is 19.9 Å². The molecule has 0 aromatic carbocycles. The van der Waals surface area contributed by atoms with Gasteiger partial charge in [-0.25, -0.2) is 0 Å². The molecule has 0 amide bonds. The molecule has 0 saturated heterocycles. The highest BCUT2D eigenvalue weighted by atomic mass is 35.5. The van der Waals surface area contributed by atoms with E-state index in [1.54, 1.807) is 0 Å². The van der Waals surface area contributed by atoms with Gasteiger partial charge in [-0.3, -0.25) is 4.79 Å². The van der Waals surface area contributed by atoms with Crippen molar-refractivity contribution in [3.63, 3.8) is 0 Å². The van der Waals surface area contributed by atoms with Crippen LogP contribution in [-0.4, -0.2) is 17.0 Å². The van der Waals surface area contributed by atoms with E-state index in [0.29, 0.717) is 34.0 Å². The molecule has 4 aliphatic rings. The smallest absolute Gasteiger partial charge is 0.133 e. The molecular weight excluding hydrogens is 308 g/mol. The van der Waals surface area contributed by atoms with E-state index in [1.807, 2.05) is 0 Å². The summed E-state index contributed by atoms with van der Waals surface area (Å²) in [6.45, 7) is 4.72. The summed E-state index contributed by atoms with van der Waals surface area (Å²) in [7, 11) is 0. The molecule has 0 aromatic rings. The van der Waals surface area contributed by atoms with E-state index < -0.39 is 6.10 Å². The number of halogens is 1. The Balaban J connectivity index is 1.66. The Morgan fingerprint density at radius 3 is 2.70 bits per heavy atom. The van der Waals surface area contributed by atoms with Crippen LogP contribution in [-0.2, 0) is 4.79 Å². The first-order chi connectivity index (χ1) is 10.9. The molecule has 2 nitrogen and oxygen atoms in total. The van der Waals surface area contributed by atoms with Crippen molar-refractivity contribution in [2.24, 2.45) is 34.5 Å². The maximum Gasteiger partial charge on any atom is 0.133 e. The third kappa shape index (κ3) is 2.20. The molecule has 128 valence electrons. The van der Waals surface area contributed by atoms with Crippen molar-refractivity contribution in [3.8, 4) is 0 Å². The van der Waals surface area contributed by atoms with Crippen molar-refractivity contribution < 1.29 is 9.90 Å². The van der Waals surface area contributed by atoms with Gasteiger partial charge in [-0.05, 0) is 67.6 Å². The monoisotopic (exact) mass is 336 g/mol. The number of fused-ring (bicyclic) bond motifs is 5. The molecule has 4 aliphatic carbocycles. The van der Waals surface area contributed by atoms with Crippen LogP contribution in [0.1, 0.15) is 65.2 Å². The average molecular weight is 337 g/mol. The van der Waals surface area contributed by atoms with Gasteiger partial charge in [0.1, 0.15) is 5.78 Å². The van der Waals surface area contributed by atoms with Gasteiger partial charge in [0.2, 0.25) is 0 Å². The van der Waals surface area contributed by atoms with Gasteiger partial charge >= 0.3 is 0 Å². The molecule has 0 unspecified atom stereocenters. The van der Waals surface area contributed by atoms with Crippen LogP contribution in [0.3, 0.4) is 0 Å². The second kappa shape index (κ2) is 5.33. The topological polar surface area (TPSA) is 37.3 Å². The highest BCUT2D eigenvalue weighted by Gasteiger charge is 2.59. The summed E-state index contributed by atoms with van der Waals surface area (Å²) in [6.07, 6.45) is 9.98. The zero-order chi connectivity index (χ0) is 16.4. The molecule has 4 rings (SSSR count). The minimum Gasteiger partial charge on any atom is -0.387 e. The molecule has 23 heavy (non-hydrogen) atoms. The van der Waals surface area contributed by atoms with E-state index in [9.17, 15) is 9.90 Å². The molecule has 0 radical (unpaired) electrons. The van der Waals surface area contributed by atoms with E-state index in [-0.39, 0.29) is 5.41 Å². The minimum absolute atomic E-state index is 0.0549. The molecule has 0 bridgehead atoms. The maximum atomic E-state index is 11.9. The Hall–Kier alpha value is -0.340. The quantitative estimate of drug-likeness (QED) is 0.696. The fourth-order valence-corrected chi connectivity index (χ4v) is 7.18. The predicted molar refractivity (Wildman–Crippen MR) is 92.1 cm³/mol. The molecule has 0 aromatic heterocycles. The summed E-state index contributed by atoms with van der Waals surface area (Å²) in [5.41, 5.74) is 0.286. The number of carbonyl (C=O) groups excluding carboxylic acids is 1. The highest BCUT2D eigenvalue weighted by Crippen LogP contribution is 2.65. The van der Waals surface area contributed by atoms with Crippen molar-refractivity contribution in [1.29, 1.82) is 0 Å². The molecule has 0 heterocycles. The van der Waals surface area contributed by atoms with Gasteiger partial charge in [0, 0.05) is 23.3 Å². The molecule has 7 atom stereocenters. The van der Waals surface area contributed by atoms with Gasteiger partial charge in [-0.1, -0.05) is 31.5 Å². The summed E-state index contributed by atoms with van der Waals surface area (Å²) in [6, 6.07) is 0. The average Bonchev–Trinajstić information content (AvgIpc) is 2.52. The van der Waals surface area contributed by atoms with Crippen LogP contribution in [0.5, 0.6) is 0 Å². The first-order valence-electron chi connectivity index (χ1n) is 9.41. The standard InChI is InChI=1S/C20H29ClO2/c1-19-9-7-13(22)11-12(19)3-4-14-15-5-6-17(21)18(23)20(15,2)10-8-16(14)19/h6,12,14-16,18,23H,3-5,7-11H2,1-2H3/t12-,14-,15-,16-,18-,19-,20-/m0/s1. The first kappa shape index (κ1) is 16.1. The number of Topliss-reactive ketones (excluding diaryl/α,β-unsaturated/α-hetero) is 1. The Bertz CT molecular complexity index is 556. The van der Waals surface area contributed by atoms with Crippen molar-refractivity contribution in [3.05, 3.63) is 11.1 Å². The summed E-state index contributed by atoms with van der Waals surface area (Å²) in [4.78, 5) is 11.9. The lowest BCUT2D eigenvalue weighted by atomic mass is 9.43. The third-order valence-corrected chi connectivity index (χ3v) is 8.73. The highest BCUT2D eigenvalue weighted by molar-refractivity contribution is 6.30. The van der Waals surface area contributed by atoms with Crippen LogP contribution in [0, 0.1) is 34.5 Å². The molecule has 3 heteroatoms. The van der Waals surface area contributed by atoms with E-state index in [1.165, 1.54) is 19.3 Å². The minimum atomic E-state index is -0.484. The SMILES string of the molecule is C[C@]12CCC(=O)C[C@@H]1CC[C@@H]1[C@@H]2CC[C@]2(C)[C@@H](O)C(Cl)=CC[C@@H]12. The van der Waals surface area contributed by atoms with Gasteiger partial charge in [-0.2, -0.15) is 0 Å². The van der Waals surface area contributed by atoms with Crippen molar-refractivity contribution in [1.82, 2.24) is 0 Å². The normalized spacial score (nSPS) is 53.0.